The second kappa shape index (κ2) is 10.5. The highest BCUT2D eigenvalue weighted by Gasteiger charge is 2.17. The minimum atomic E-state index is -0.911. The lowest BCUT2D eigenvalue weighted by molar-refractivity contribution is -0.120. The molecule has 1 aromatic carbocycles. The summed E-state index contributed by atoms with van der Waals surface area (Å²) in [4.78, 5) is 50.8. The van der Waals surface area contributed by atoms with E-state index in [9.17, 15) is 19.2 Å². The van der Waals surface area contributed by atoms with Gasteiger partial charge >= 0.3 is 6.09 Å². The molecule has 0 bridgehead atoms. The van der Waals surface area contributed by atoms with Crippen LogP contribution in [-0.2, 0) is 14.3 Å². The molecular formula is C20H19N5O5S. The largest absolute Gasteiger partial charge is 0.445 e. The van der Waals surface area contributed by atoms with Crippen LogP contribution in [0.1, 0.15) is 10.5 Å². The number of hydrogen-bond donors (Lipinski definition) is 4. The third-order valence-corrected chi connectivity index (χ3v) is 4.44. The Kier molecular flexibility index (Phi) is 7.81. The van der Waals surface area contributed by atoms with Crippen molar-refractivity contribution < 1.29 is 23.9 Å². The van der Waals surface area contributed by atoms with E-state index in [1.54, 1.807) is 24.3 Å². The average Bonchev–Trinajstić information content (AvgIpc) is 3.23. The summed E-state index contributed by atoms with van der Waals surface area (Å²) in [6.07, 6.45) is 0.850. The molecule has 0 unspecified atom stereocenters. The van der Waals surface area contributed by atoms with Gasteiger partial charge in [-0.2, -0.15) is 0 Å². The van der Waals surface area contributed by atoms with E-state index in [0.29, 0.717) is 16.3 Å². The lowest BCUT2D eigenvalue weighted by atomic mass is 10.2. The molecule has 31 heavy (non-hydrogen) atoms. The number of amides is 4. The monoisotopic (exact) mass is 441 g/mol. The van der Waals surface area contributed by atoms with Gasteiger partial charge in [-0.3, -0.25) is 19.7 Å². The van der Waals surface area contributed by atoms with Crippen molar-refractivity contribution in [3.63, 3.8) is 0 Å². The highest BCUT2D eigenvalue weighted by Crippen LogP contribution is 2.25. The molecule has 10 nitrogen and oxygen atoms in total. The second-order valence-electron chi connectivity index (χ2n) is 5.86. The van der Waals surface area contributed by atoms with Crippen molar-refractivity contribution in [1.82, 2.24) is 15.6 Å². The molecule has 0 aliphatic rings. The van der Waals surface area contributed by atoms with Crippen molar-refractivity contribution in [1.29, 1.82) is 0 Å². The van der Waals surface area contributed by atoms with Crippen LogP contribution in [0.15, 0.2) is 66.9 Å². The molecule has 2 aromatic rings. The number of nitrogens with two attached hydrogens (primary N) is 1. The highest BCUT2D eigenvalue weighted by atomic mass is 32.1. The summed E-state index contributed by atoms with van der Waals surface area (Å²) in [5.41, 5.74) is 5.64. The van der Waals surface area contributed by atoms with Gasteiger partial charge in [-0.25, -0.2) is 9.78 Å². The van der Waals surface area contributed by atoms with E-state index < -0.39 is 23.8 Å². The van der Waals surface area contributed by atoms with Crippen LogP contribution >= 0.6 is 11.3 Å². The summed E-state index contributed by atoms with van der Waals surface area (Å²) < 4.78 is 4.83. The van der Waals surface area contributed by atoms with Gasteiger partial charge in [0.25, 0.3) is 17.7 Å². The fourth-order valence-electron chi connectivity index (χ4n) is 2.03. The Bertz CT molecular complexity index is 1060. The van der Waals surface area contributed by atoms with Crippen LogP contribution in [0.25, 0.3) is 10.6 Å². The molecule has 160 valence electrons. The Balaban J connectivity index is 1.98. The first-order valence-corrected chi connectivity index (χ1v) is 9.50. The molecule has 0 aliphatic heterocycles. The molecule has 0 radical (unpaired) electrons. The van der Waals surface area contributed by atoms with Gasteiger partial charge in [0.05, 0.1) is 11.4 Å². The standard InChI is InChI=1S/C20H19N5O5S/c1-4-9-30-20(29)24-14-7-5-13(6-8-14)19-25-15(10-31-19)18(28)23-12(3)17(27)22-11(2)16(21)26/h4-8,10H,1-3,9H2,(H2,21,26)(H,22,27)(H,23,28)(H,24,29). The molecule has 0 atom stereocenters. The number of anilines is 1. The van der Waals surface area contributed by atoms with E-state index in [1.807, 2.05) is 0 Å². The molecule has 0 saturated carbocycles. The summed E-state index contributed by atoms with van der Waals surface area (Å²) in [5, 5.41) is 9.02. The number of thiazole rings is 1. The summed E-state index contributed by atoms with van der Waals surface area (Å²) in [6, 6.07) is 6.74. The van der Waals surface area contributed by atoms with Crippen LogP contribution in [0.4, 0.5) is 10.5 Å². The number of rotatable bonds is 9. The Morgan fingerprint density at radius 1 is 1.10 bits per heavy atom. The average molecular weight is 441 g/mol. The quantitative estimate of drug-likeness (QED) is 0.344. The summed E-state index contributed by atoms with van der Waals surface area (Å²) in [5.74, 6) is -2.40. The smallest absolute Gasteiger partial charge is 0.411 e. The summed E-state index contributed by atoms with van der Waals surface area (Å²) >= 11 is 1.21. The SMILES string of the molecule is C=CCOC(=O)Nc1ccc(-c2nc(C(=O)NC(=C)C(=O)NC(=C)C(N)=O)cs2)cc1. The number of primary amides is 1. The molecule has 1 aromatic heterocycles. The van der Waals surface area contributed by atoms with Crippen LogP contribution in [0, 0.1) is 0 Å². The molecule has 0 saturated heterocycles. The van der Waals surface area contributed by atoms with Crippen molar-refractivity contribution in [3.8, 4) is 10.6 Å². The van der Waals surface area contributed by atoms with E-state index in [1.165, 1.54) is 22.8 Å². The number of carbonyl (C=O) groups excluding carboxylic acids is 4. The number of ether oxygens (including phenoxy) is 1. The van der Waals surface area contributed by atoms with Gasteiger partial charge in [-0.1, -0.05) is 25.8 Å². The number of benzene rings is 1. The number of nitrogens with one attached hydrogen (secondary N) is 3. The zero-order chi connectivity index (χ0) is 23.0. The molecule has 11 heteroatoms. The van der Waals surface area contributed by atoms with Crippen LogP contribution in [0.3, 0.4) is 0 Å². The Morgan fingerprint density at radius 3 is 2.39 bits per heavy atom. The molecule has 0 fully saturated rings. The Labute approximate surface area is 181 Å². The maximum Gasteiger partial charge on any atom is 0.411 e. The van der Waals surface area contributed by atoms with Gasteiger partial charge < -0.3 is 21.1 Å². The maximum absolute atomic E-state index is 12.3. The molecule has 1 heterocycles. The molecule has 0 spiro atoms. The molecule has 4 amide bonds. The van der Waals surface area contributed by atoms with Crippen LogP contribution in [0.2, 0.25) is 0 Å². The lowest BCUT2D eigenvalue weighted by Gasteiger charge is -2.08. The zero-order valence-electron chi connectivity index (χ0n) is 16.3. The van der Waals surface area contributed by atoms with E-state index in [2.05, 4.69) is 40.7 Å². The predicted molar refractivity (Wildman–Crippen MR) is 116 cm³/mol. The zero-order valence-corrected chi connectivity index (χ0v) is 17.1. The second-order valence-corrected chi connectivity index (χ2v) is 6.72. The van der Waals surface area contributed by atoms with Gasteiger partial charge in [0.1, 0.15) is 17.3 Å². The molecule has 2 rings (SSSR count). The maximum atomic E-state index is 12.3. The molecule has 0 aliphatic carbocycles. The van der Waals surface area contributed by atoms with Crippen molar-refractivity contribution in [3.05, 3.63) is 72.5 Å². The van der Waals surface area contributed by atoms with Gasteiger partial charge in [-0.15, -0.1) is 11.3 Å². The van der Waals surface area contributed by atoms with Crippen LogP contribution in [-0.4, -0.2) is 35.4 Å². The number of hydrogen-bond acceptors (Lipinski definition) is 7. The highest BCUT2D eigenvalue weighted by molar-refractivity contribution is 7.13. The summed E-state index contributed by atoms with van der Waals surface area (Å²) in [6.45, 7) is 10.3. The topological polar surface area (TPSA) is 153 Å². The normalized spacial score (nSPS) is 9.81. The van der Waals surface area contributed by atoms with Gasteiger partial charge in [-0.05, 0) is 24.3 Å². The van der Waals surface area contributed by atoms with Gasteiger partial charge in [0, 0.05) is 16.6 Å². The van der Waals surface area contributed by atoms with Crippen LogP contribution < -0.4 is 21.7 Å². The first kappa shape index (κ1) is 23.0. The number of carbonyl (C=O) groups is 4. The van der Waals surface area contributed by atoms with Crippen molar-refractivity contribution in [2.75, 3.05) is 11.9 Å². The van der Waals surface area contributed by atoms with Crippen molar-refractivity contribution in [2.45, 2.75) is 0 Å². The molecular weight excluding hydrogens is 422 g/mol. The van der Waals surface area contributed by atoms with E-state index in [4.69, 9.17) is 10.5 Å². The lowest BCUT2D eigenvalue weighted by Crippen LogP contribution is -2.36. The first-order chi connectivity index (χ1) is 14.7. The predicted octanol–water partition coefficient (Wildman–Crippen LogP) is 1.90. The van der Waals surface area contributed by atoms with Crippen molar-refractivity contribution >= 4 is 40.8 Å². The van der Waals surface area contributed by atoms with E-state index >= 15 is 0 Å². The van der Waals surface area contributed by atoms with Gasteiger partial charge in [0.2, 0.25) is 0 Å². The first-order valence-electron chi connectivity index (χ1n) is 8.62. The fraction of sp³-hybridized carbons (Fsp3) is 0.0500. The van der Waals surface area contributed by atoms with E-state index in [-0.39, 0.29) is 23.7 Å². The Hall–Kier alpha value is -4.25. The Morgan fingerprint density at radius 2 is 1.77 bits per heavy atom. The third kappa shape index (κ3) is 6.65. The van der Waals surface area contributed by atoms with Gasteiger partial charge in [0.15, 0.2) is 0 Å². The third-order valence-electron chi connectivity index (χ3n) is 3.55. The summed E-state index contributed by atoms with van der Waals surface area (Å²) in [7, 11) is 0. The number of nitrogens with zero attached hydrogens (tertiary/aromatic N) is 1. The fourth-order valence-corrected chi connectivity index (χ4v) is 2.83. The number of aromatic nitrogens is 1. The van der Waals surface area contributed by atoms with E-state index in [0.717, 1.165) is 0 Å². The minimum absolute atomic E-state index is 0.0675. The minimum Gasteiger partial charge on any atom is -0.445 e. The van der Waals surface area contributed by atoms with Crippen LogP contribution in [0.5, 0.6) is 0 Å². The van der Waals surface area contributed by atoms with Crippen molar-refractivity contribution in [2.24, 2.45) is 5.73 Å². The molecule has 5 N–H and O–H groups in total.